The van der Waals surface area contributed by atoms with Gasteiger partial charge in [-0.25, -0.2) is 13.1 Å². The van der Waals surface area contributed by atoms with Crippen LogP contribution < -0.4 is 4.72 Å². The molecule has 0 unspecified atom stereocenters. The van der Waals surface area contributed by atoms with Gasteiger partial charge in [-0.2, -0.15) is 5.26 Å². The molecule has 0 amide bonds. The highest BCUT2D eigenvalue weighted by Gasteiger charge is 2.18. The van der Waals surface area contributed by atoms with Crippen molar-refractivity contribution < 1.29 is 8.42 Å². The molecule has 0 aromatic heterocycles. The Morgan fingerprint density at radius 2 is 1.91 bits per heavy atom. The highest BCUT2D eigenvalue weighted by Crippen LogP contribution is 2.24. The van der Waals surface area contributed by atoms with Crippen LogP contribution in [-0.4, -0.2) is 8.42 Å². The molecule has 2 aromatic rings. The Morgan fingerprint density at radius 1 is 1.09 bits per heavy atom. The quantitative estimate of drug-likeness (QED) is 0.943. The van der Waals surface area contributed by atoms with E-state index in [1.807, 2.05) is 12.1 Å². The zero-order chi connectivity index (χ0) is 15.6. The van der Waals surface area contributed by atoms with Crippen molar-refractivity contribution >= 4 is 10.0 Å². The molecule has 0 aliphatic heterocycles. The zero-order valence-corrected chi connectivity index (χ0v) is 12.9. The van der Waals surface area contributed by atoms with Crippen LogP contribution in [0.4, 0.5) is 0 Å². The van der Waals surface area contributed by atoms with Gasteiger partial charge in [-0.05, 0) is 60.2 Å². The number of nitrogens with one attached hydrogen (secondary N) is 1. The van der Waals surface area contributed by atoms with Gasteiger partial charge >= 0.3 is 0 Å². The van der Waals surface area contributed by atoms with Gasteiger partial charge in [0.1, 0.15) is 0 Å². The normalized spacial score (nSPS) is 13.6. The lowest BCUT2D eigenvalue weighted by Crippen LogP contribution is -2.23. The molecule has 0 heterocycles. The van der Waals surface area contributed by atoms with E-state index in [0.717, 1.165) is 30.4 Å². The van der Waals surface area contributed by atoms with E-state index in [0.29, 0.717) is 10.5 Å². The van der Waals surface area contributed by atoms with Gasteiger partial charge in [-0.15, -0.1) is 0 Å². The molecule has 112 valence electrons. The lowest BCUT2D eigenvalue weighted by Gasteiger charge is -2.09. The second kappa shape index (κ2) is 5.91. The first-order chi connectivity index (χ1) is 10.6. The van der Waals surface area contributed by atoms with Crippen molar-refractivity contribution in [3.05, 3.63) is 64.7 Å². The van der Waals surface area contributed by atoms with Crippen molar-refractivity contribution in [1.82, 2.24) is 4.72 Å². The number of hydrogen-bond donors (Lipinski definition) is 1. The van der Waals surface area contributed by atoms with Gasteiger partial charge in [0, 0.05) is 6.54 Å². The summed E-state index contributed by atoms with van der Waals surface area (Å²) < 4.78 is 27.4. The molecule has 3 rings (SSSR count). The van der Waals surface area contributed by atoms with Gasteiger partial charge in [-0.1, -0.05) is 18.2 Å². The Labute approximate surface area is 130 Å². The molecular weight excluding hydrogens is 296 g/mol. The van der Waals surface area contributed by atoms with Crippen LogP contribution in [-0.2, 0) is 29.4 Å². The van der Waals surface area contributed by atoms with E-state index in [4.69, 9.17) is 5.26 Å². The maximum absolute atomic E-state index is 12.4. The monoisotopic (exact) mass is 312 g/mol. The van der Waals surface area contributed by atoms with Crippen molar-refractivity contribution in [2.24, 2.45) is 0 Å². The molecule has 0 bridgehead atoms. The predicted octanol–water partition coefficient (Wildman–Crippen LogP) is 2.53. The average molecular weight is 312 g/mol. The fourth-order valence-electron chi connectivity index (χ4n) is 2.73. The Bertz CT molecular complexity index is 851. The van der Waals surface area contributed by atoms with E-state index < -0.39 is 10.0 Å². The minimum absolute atomic E-state index is 0.176. The molecule has 0 fully saturated rings. The molecule has 4 nitrogen and oxygen atoms in total. The first-order valence-corrected chi connectivity index (χ1v) is 8.67. The summed E-state index contributed by atoms with van der Waals surface area (Å²) in [6, 6.07) is 14.3. The number of benzene rings is 2. The van der Waals surface area contributed by atoms with Gasteiger partial charge in [0.25, 0.3) is 0 Å². The SMILES string of the molecule is N#Cc1cccc(CNS(=O)(=O)c2ccc3c(c2)CCC3)c1. The Balaban J connectivity index is 1.77. The first kappa shape index (κ1) is 14.8. The highest BCUT2D eigenvalue weighted by atomic mass is 32.2. The molecule has 0 saturated heterocycles. The summed E-state index contributed by atoms with van der Waals surface area (Å²) in [7, 11) is -3.53. The first-order valence-electron chi connectivity index (χ1n) is 7.19. The van der Waals surface area contributed by atoms with E-state index in [1.54, 1.807) is 36.4 Å². The molecule has 1 aliphatic rings. The fraction of sp³-hybridized carbons (Fsp3) is 0.235. The average Bonchev–Trinajstić information content (AvgIpc) is 3.01. The highest BCUT2D eigenvalue weighted by molar-refractivity contribution is 7.89. The van der Waals surface area contributed by atoms with Gasteiger partial charge < -0.3 is 0 Å². The summed E-state index contributed by atoms with van der Waals surface area (Å²) in [5, 5.41) is 8.87. The lowest BCUT2D eigenvalue weighted by molar-refractivity contribution is 0.581. The Hall–Kier alpha value is -2.16. The number of hydrogen-bond acceptors (Lipinski definition) is 3. The number of nitrogens with zero attached hydrogens (tertiary/aromatic N) is 1. The number of sulfonamides is 1. The van der Waals surface area contributed by atoms with Crippen molar-refractivity contribution in [3.8, 4) is 6.07 Å². The number of aryl methyl sites for hydroxylation is 2. The summed E-state index contributed by atoms with van der Waals surface area (Å²) >= 11 is 0. The molecule has 1 N–H and O–H groups in total. The zero-order valence-electron chi connectivity index (χ0n) is 12.0. The third-order valence-electron chi connectivity index (χ3n) is 3.90. The molecular formula is C17H16N2O2S. The van der Waals surface area contributed by atoms with Crippen LogP contribution in [0.5, 0.6) is 0 Å². The molecule has 0 radical (unpaired) electrons. The predicted molar refractivity (Wildman–Crippen MR) is 83.6 cm³/mol. The second-order valence-electron chi connectivity index (χ2n) is 5.42. The molecule has 22 heavy (non-hydrogen) atoms. The molecule has 0 atom stereocenters. The second-order valence-corrected chi connectivity index (χ2v) is 7.19. The van der Waals surface area contributed by atoms with Crippen LogP contribution in [0, 0.1) is 11.3 Å². The lowest BCUT2D eigenvalue weighted by atomic mass is 10.1. The Kier molecular flexibility index (Phi) is 3.97. The van der Waals surface area contributed by atoms with Gasteiger partial charge in [0.2, 0.25) is 10.0 Å². The maximum atomic E-state index is 12.4. The molecule has 5 heteroatoms. The van der Waals surface area contributed by atoms with Crippen molar-refractivity contribution in [1.29, 1.82) is 5.26 Å². The standard InChI is InChI=1S/C17H16N2O2S/c18-11-13-3-1-4-14(9-13)12-19-22(20,21)17-8-7-15-5-2-6-16(15)10-17/h1,3-4,7-10,19H,2,5-6,12H2. The van der Waals surface area contributed by atoms with Crippen LogP contribution in [0.15, 0.2) is 47.4 Å². The molecule has 1 aliphatic carbocycles. The smallest absolute Gasteiger partial charge is 0.207 e. The van der Waals surface area contributed by atoms with Crippen molar-refractivity contribution in [2.75, 3.05) is 0 Å². The Morgan fingerprint density at radius 3 is 2.73 bits per heavy atom. The third-order valence-corrected chi connectivity index (χ3v) is 5.30. The van der Waals surface area contributed by atoms with Crippen LogP contribution in [0.3, 0.4) is 0 Å². The van der Waals surface area contributed by atoms with E-state index in [2.05, 4.69) is 4.72 Å². The largest absolute Gasteiger partial charge is 0.240 e. The topological polar surface area (TPSA) is 70.0 Å². The van der Waals surface area contributed by atoms with E-state index in [-0.39, 0.29) is 6.54 Å². The molecule has 0 spiro atoms. The van der Waals surface area contributed by atoms with E-state index in [1.165, 1.54) is 5.56 Å². The van der Waals surface area contributed by atoms with E-state index >= 15 is 0 Å². The van der Waals surface area contributed by atoms with Crippen LogP contribution in [0.1, 0.15) is 28.7 Å². The van der Waals surface area contributed by atoms with E-state index in [9.17, 15) is 8.42 Å². The summed E-state index contributed by atoms with van der Waals surface area (Å²) in [5.41, 5.74) is 3.67. The minimum atomic E-state index is -3.53. The summed E-state index contributed by atoms with van der Waals surface area (Å²) in [6.45, 7) is 0.176. The van der Waals surface area contributed by atoms with Gasteiger partial charge in [0.15, 0.2) is 0 Å². The van der Waals surface area contributed by atoms with Gasteiger partial charge in [0.05, 0.1) is 16.5 Å². The number of rotatable bonds is 4. The summed E-state index contributed by atoms with van der Waals surface area (Å²) in [4.78, 5) is 0.310. The summed E-state index contributed by atoms with van der Waals surface area (Å²) in [6.07, 6.45) is 3.07. The van der Waals surface area contributed by atoms with Crippen LogP contribution in [0.2, 0.25) is 0 Å². The molecule has 2 aromatic carbocycles. The maximum Gasteiger partial charge on any atom is 0.240 e. The number of fused-ring (bicyclic) bond motifs is 1. The molecule has 0 saturated carbocycles. The summed E-state index contributed by atoms with van der Waals surface area (Å²) in [5.74, 6) is 0. The van der Waals surface area contributed by atoms with Crippen LogP contribution >= 0.6 is 0 Å². The van der Waals surface area contributed by atoms with Gasteiger partial charge in [-0.3, -0.25) is 0 Å². The number of nitriles is 1. The third kappa shape index (κ3) is 3.03. The minimum Gasteiger partial charge on any atom is -0.207 e. The fourth-order valence-corrected chi connectivity index (χ4v) is 3.80. The van der Waals surface area contributed by atoms with Crippen LogP contribution in [0.25, 0.3) is 0 Å². The van der Waals surface area contributed by atoms with Crippen molar-refractivity contribution in [3.63, 3.8) is 0 Å². The van der Waals surface area contributed by atoms with Crippen molar-refractivity contribution in [2.45, 2.75) is 30.7 Å².